The number of carbonyl (C=O) groups excluding carboxylic acids is 1. The van der Waals surface area contributed by atoms with Gasteiger partial charge in [0.1, 0.15) is 5.60 Å². The molecule has 1 amide bonds. The molecule has 152 valence electrons. The third-order valence-electron chi connectivity index (χ3n) is 6.21. The van der Waals surface area contributed by atoms with Gasteiger partial charge in [0.2, 0.25) is 0 Å². The van der Waals surface area contributed by atoms with Gasteiger partial charge in [0.05, 0.1) is 36.5 Å². The van der Waals surface area contributed by atoms with Crippen molar-refractivity contribution in [3.63, 3.8) is 0 Å². The molecule has 2 unspecified atom stereocenters. The molecule has 0 saturated carbocycles. The molecule has 3 heterocycles. The first kappa shape index (κ1) is 20.7. The lowest BCUT2D eigenvalue weighted by Gasteiger charge is -2.48. The third kappa shape index (κ3) is 4.05. The minimum atomic E-state index is -0.505. The summed E-state index contributed by atoms with van der Waals surface area (Å²) < 4.78 is 23.7. The fourth-order valence-corrected chi connectivity index (χ4v) is 4.02. The summed E-state index contributed by atoms with van der Waals surface area (Å²) in [4.78, 5) is 14.6. The highest BCUT2D eigenvalue weighted by Gasteiger charge is 2.54. The summed E-state index contributed by atoms with van der Waals surface area (Å²) >= 11 is 0. The van der Waals surface area contributed by atoms with Crippen molar-refractivity contribution in [2.75, 3.05) is 13.2 Å². The molecule has 0 aliphatic carbocycles. The third-order valence-corrected chi connectivity index (χ3v) is 6.21. The minimum Gasteiger partial charge on any atom is -0.444 e. The standard InChI is InChI=1S/C20H34BNO5/c1-13(21-26-19(5,6)20(7,8)27-21)14-9-15-11-24-12-16(10-14)22(15)17(23)25-18(2,3)4/h14-16H,1,9-12H2,2-8H3/t14?,15-,16?/m1/s1. The summed E-state index contributed by atoms with van der Waals surface area (Å²) in [6.07, 6.45) is 1.33. The molecule has 7 heteroatoms. The van der Waals surface area contributed by atoms with Gasteiger partial charge in [0.15, 0.2) is 0 Å². The van der Waals surface area contributed by atoms with E-state index in [0.29, 0.717) is 13.2 Å². The zero-order valence-corrected chi connectivity index (χ0v) is 17.8. The maximum absolute atomic E-state index is 12.7. The van der Waals surface area contributed by atoms with Crippen LogP contribution in [-0.2, 0) is 18.8 Å². The molecule has 6 nitrogen and oxygen atoms in total. The number of piperidine rings is 1. The summed E-state index contributed by atoms with van der Waals surface area (Å²) in [6.45, 7) is 19.3. The maximum Gasteiger partial charge on any atom is 0.490 e. The molecular weight excluding hydrogens is 345 g/mol. The van der Waals surface area contributed by atoms with Crippen molar-refractivity contribution in [2.24, 2.45) is 5.92 Å². The van der Waals surface area contributed by atoms with Crippen molar-refractivity contribution in [3.05, 3.63) is 12.1 Å². The lowest BCUT2D eigenvalue weighted by Crippen LogP contribution is -2.60. The van der Waals surface area contributed by atoms with E-state index < -0.39 is 12.7 Å². The van der Waals surface area contributed by atoms with Gasteiger partial charge >= 0.3 is 13.2 Å². The minimum absolute atomic E-state index is 0.00322. The number of morpholine rings is 1. The predicted octanol–water partition coefficient (Wildman–Crippen LogP) is 3.59. The van der Waals surface area contributed by atoms with Gasteiger partial charge in [0, 0.05) is 0 Å². The zero-order chi connectivity index (χ0) is 20.2. The number of hydrogen-bond donors (Lipinski definition) is 0. The molecule has 2 bridgehead atoms. The van der Waals surface area contributed by atoms with Gasteiger partial charge in [-0.2, -0.15) is 0 Å². The molecule has 3 atom stereocenters. The number of allylic oxidation sites excluding steroid dienone is 1. The predicted molar refractivity (Wildman–Crippen MR) is 104 cm³/mol. The quantitative estimate of drug-likeness (QED) is 0.687. The molecule has 0 aromatic carbocycles. The van der Waals surface area contributed by atoms with E-state index in [9.17, 15) is 4.79 Å². The van der Waals surface area contributed by atoms with E-state index in [1.807, 2.05) is 53.4 Å². The van der Waals surface area contributed by atoms with Crippen molar-refractivity contribution in [1.82, 2.24) is 4.90 Å². The Bertz CT molecular complexity index is 582. The van der Waals surface area contributed by atoms with Crippen LogP contribution in [0.5, 0.6) is 0 Å². The molecule has 27 heavy (non-hydrogen) atoms. The van der Waals surface area contributed by atoms with Crippen LogP contribution in [0.3, 0.4) is 0 Å². The normalized spacial score (nSPS) is 32.3. The smallest absolute Gasteiger partial charge is 0.444 e. The number of fused-ring (bicyclic) bond motifs is 2. The lowest BCUT2D eigenvalue weighted by molar-refractivity contribution is -0.0859. The average molecular weight is 379 g/mol. The molecule has 3 saturated heterocycles. The first-order valence-corrected chi connectivity index (χ1v) is 9.94. The maximum atomic E-state index is 12.7. The van der Waals surface area contributed by atoms with Crippen LogP contribution >= 0.6 is 0 Å². The second kappa shape index (κ2) is 6.78. The van der Waals surface area contributed by atoms with E-state index in [1.54, 1.807) is 0 Å². The fraction of sp³-hybridized carbons (Fsp3) is 0.850. The molecule has 3 aliphatic heterocycles. The Morgan fingerprint density at radius 3 is 2.00 bits per heavy atom. The number of rotatable bonds is 2. The topological polar surface area (TPSA) is 57.2 Å². The number of nitrogens with zero attached hydrogens (tertiary/aromatic N) is 1. The van der Waals surface area contributed by atoms with Crippen LogP contribution in [0.25, 0.3) is 0 Å². The highest BCUT2D eigenvalue weighted by Crippen LogP contribution is 2.43. The Morgan fingerprint density at radius 2 is 1.56 bits per heavy atom. The van der Waals surface area contributed by atoms with E-state index in [1.165, 1.54) is 0 Å². The lowest BCUT2D eigenvalue weighted by atomic mass is 9.66. The Balaban J connectivity index is 1.70. The highest BCUT2D eigenvalue weighted by atomic mass is 16.7. The Labute approximate surface area is 163 Å². The van der Waals surface area contributed by atoms with Gasteiger partial charge in [-0.25, -0.2) is 4.79 Å². The number of amides is 1. The molecular formula is C20H34BNO5. The first-order chi connectivity index (χ1) is 12.3. The van der Waals surface area contributed by atoms with Crippen molar-refractivity contribution in [1.29, 1.82) is 0 Å². The fourth-order valence-electron chi connectivity index (χ4n) is 4.02. The Hall–Kier alpha value is -1.05. The summed E-state index contributed by atoms with van der Waals surface area (Å²) in [6, 6.07) is -0.00644. The van der Waals surface area contributed by atoms with Gasteiger partial charge in [-0.1, -0.05) is 0 Å². The van der Waals surface area contributed by atoms with E-state index in [-0.39, 0.29) is 35.3 Å². The summed E-state index contributed by atoms with van der Waals surface area (Å²) in [5, 5.41) is 0. The van der Waals surface area contributed by atoms with E-state index >= 15 is 0 Å². The van der Waals surface area contributed by atoms with Crippen molar-refractivity contribution >= 4 is 13.2 Å². The summed E-state index contributed by atoms with van der Waals surface area (Å²) in [5.74, 6) is 0.234. The molecule has 3 fully saturated rings. The van der Waals surface area contributed by atoms with Crippen molar-refractivity contribution in [3.8, 4) is 0 Å². The van der Waals surface area contributed by atoms with Crippen LogP contribution in [-0.4, -0.2) is 60.2 Å². The van der Waals surface area contributed by atoms with Crippen molar-refractivity contribution in [2.45, 2.75) is 90.2 Å². The highest BCUT2D eigenvalue weighted by molar-refractivity contribution is 6.54. The van der Waals surface area contributed by atoms with Crippen LogP contribution in [0.4, 0.5) is 4.79 Å². The Morgan fingerprint density at radius 1 is 1.07 bits per heavy atom. The second-order valence-corrected chi connectivity index (χ2v) is 10.1. The van der Waals surface area contributed by atoms with Crippen LogP contribution in [0.1, 0.15) is 61.3 Å². The molecule has 0 aromatic heterocycles. The van der Waals surface area contributed by atoms with E-state index in [4.69, 9.17) is 18.8 Å². The van der Waals surface area contributed by atoms with Crippen molar-refractivity contribution < 1.29 is 23.6 Å². The van der Waals surface area contributed by atoms with E-state index in [0.717, 1.165) is 18.3 Å². The van der Waals surface area contributed by atoms with E-state index in [2.05, 4.69) is 6.58 Å². The average Bonchev–Trinajstić information content (AvgIpc) is 2.71. The van der Waals surface area contributed by atoms with Gasteiger partial charge in [-0.15, -0.1) is 6.58 Å². The van der Waals surface area contributed by atoms with Crippen LogP contribution in [0, 0.1) is 5.92 Å². The summed E-state index contributed by atoms with van der Waals surface area (Å²) in [5.41, 5.74) is -0.294. The number of hydrogen-bond acceptors (Lipinski definition) is 5. The molecule has 3 aliphatic rings. The SMILES string of the molecule is C=C(B1OC(C)(C)C(C)(C)O1)C1CC2COC[C@@H](C1)N2C(=O)OC(C)(C)C. The van der Waals surface area contributed by atoms with Gasteiger partial charge in [-0.05, 0) is 72.7 Å². The summed E-state index contributed by atoms with van der Waals surface area (Å²) in [7, 11) is -0.408. The van der Waals surface area contributed by atoms with Crippen LogP contribution < -0.4 is 0 Å². The second-order valence-electron chi connectivity index (χ2n) is 10.1. The molecule has 3 rings (SSSR count). The molecule has 0 N–H and O–H groups in total. The number of carbonyl (C=O) groups is 1. The van der Waals surface area contributed by atoms with Gasteiger partial charge < -0.3 is 18.8 Å². The van der Waals surface area contributed by atoms with Crippen LogP contribution in [0.2, 0.25) is 0 Å². The molecule has 0 spiro atoms. The van der Waals surface area contributed by atoms with Crippen LogP contribution in [0.15, 0.2) is 12.1 Å². The van der Waals surface area contributed by atoms with Gasteiger partial charge in [-0.3, -0.25) is 4.90 Å². The molecule has 0 radical (unpaired) electrons. The first-order valence-electron chi connectivity index (χ1n) is 9.94. The number of ether oxygens (including phenoxy) is 2. The largest absolute Gasteiger partial charge is 0.490 e. The monoisotopic (exact) mass is 379 g/mol. The van der Waals surface area contributed by atoms with Gasteiger partial charge in [0.25, 0.3) is 0 Å². The zero-order valence-electron chi connectivity index (χ0n) is 17.8. The Kier molecular flexibility index (Phi) is 5.19. The molecule has 0 aromatic rings.